The third-order valence-corrected chi connectivity index (χ3v) is 4.58. The van der Waals surface area contributed by atoms with Crippen LogP contribution >= 0.6 is 0 Å². The van der Waals surface area contributed by atoms with Crippen LogP contribution in [0.5, 0.6) is 0 Å². The van der Waals surface area contributed by atoms with Gasteiger partial charge in [-0.05, 0) is 31.4 Å². The smallest absolute Gasteiger partial charge is 0.362 e. The summed E-state index contributed by atoms with van der Waals surface area (Å²) in [6.45, 7) is 0. The maximum Gasteiger partial charge on any atom is 0.439 e. The van der Waals surface area contributed by atoms with Crippen molar-refractivity contribution in [1.82, 2.24) is 5.01 Å². The predicted molar refractivity (Wildman–Crippen MR) is 77.6 cm³/mol. The highest BCUT2D eigenvalue weighted by Gasteiger charge is 2.68. The number of carbonyl (C=O) groups excluding carboxylic acids is 1. The van der Waals surface area contributed by atoms with Crippen molar-refractivity contribution in [1.29, 1.82) is 0 Å². The van der Waals surface area contributed by atoms with E-state index in [0.29, 0.717) is 12.8 Å². The van der Waals surface area contributed by atoms with Crippen LogP contribution in [-0.4, -0.2) is 33.6 Å². The summed E-state index contributed by atoms with van der Waals surface area (Å²) < 4.78 is 54.8. The standard InChI is InChI=1S/C16H16F4N2O2/c17-12-8-5-4-6-10(12)14(23)22-15(24,16(18,19)20)11-7-2-1-3-9-13(11)21-22/h4-6,8,11,24H,1-3,7,9H2/t11-,15-/m1/s1. The van der Waals surface area contributed by atoms with Crippen molar-refractivity contribution >= 4 is 11.6 Å². The zero-order valence-corrected chi connectivity index (χ0v) is 12.7. The second kappa shape index (κ2) is 5.84. The Balaban J connectivity index is 2.07. The van der Waals surface area contributed by atoms with E-state index in [1.54, 1.807) is 0 Å². The van der Waals surface area contributed by atoms with Gasteiger partial charge in [0.1, 0.15) is 5.82 Å². The number of benzene rings is 1. The number of nitrogens with zero attached hydrogens (tertiary/aromatic N) is 2. The van der Waals surface area contributed by atoms with Gasteiger partial charge in [0.15, 0.2) is 0 Å². The maximum atomic E-state index is 13.8. The number of hydrazone groups is 1. The molecule has 3 rings (SSSR count). The van der Waals surface area contributed by atoms with Gasteiger partial charge in [0, 0.05) is 5.71 Å². The van der Waals surface area contributed by atoms with Gasteiger partial charge in [-0.3, -0.25) is 4.79 Å². The van der Waals surface area contributed by atoms with Gasteiger partial charge in [0.25, 0.3) is 11.6 Å². The van der Waals surface area contributed by atoms with Crippen molar-refractivity contribution in [2.45, 2.75) is 44.0 Å². The first-order chi connectivity index (χ1) is 11.3. The molecule has 0 radical (unpaired) electrons. The number of aliphatic hydroxyl groups is 1. The summed E-state index contributed by atoms with van der Waals surface area (Å²) in [5.41, 5.74) is -3.84. The summed E-state index contributed by atoms with van der Waals surface area (Å²) >= 11 is 0. The Labute approximate surface area is 135 Å². The van der Waals surface area contributed by atoms with Crippen LogP contribution in [0.4, 0.5) is 17.6 Å². The number of amides is 1. The molecule has 1 aliphatic heterocycles. The average Bonchev–Trinajstić information content (AvgIpc) is 2.68. The highest BCUT2D eigenvalue weighted by Crippen LogP contribution is 2.48. The summed E-state index contributed by atoms with van der Waals surface area (Å²) in [7, 11) is 0. The number of fused-ring (bicyclic) bond motifs is 1. The lowest BCUT2D eigenvalue weighted by Crippen LogP contribution is -2.61. The Morgan fingerprint density at radius 3 is 2.62 bits per heavy atom. The predicted octanol–water partition coefficient (Wildman–Crippen LogP) is 3.47. The lowest BCUT2D eigenvalue weighted by molar-refractivity contribution is -0.312. The number of hydrogen-bond donors (Lipinski definition) is 1. The van der Waals surface area contributed by atoms with E-state index in [1.807, 2.05) is 0 Å². The molecule has 0 saturated heterocycles. The molecule has 1 amide bonds. The van der Waals surface area contributed by atoms with Crippen molar-refractivity contribution in [3.63, 3.8) is 0 Å². The largest absolute Gasteiger partial charge is 0.439 e. The SMILES string of the molecule is O=C(c1ccccc1F)N1N=C2CCCCC[C@H]2[C@@]1(O)C(F)(F)F. The van der Waals surface area contributed by atoms with Crippen LogP contribution in [0.2, 0.25) is 0 Å². The molecule has 1 saturated carbocycles. The summed E-state index contributed by atoms with van der Waals surface area (Å²) in [5, 5.41) is 14.3. The molecule has 1 fully saturated rings. The normalized spacial score (nSPS) is 27.5. The molecule has 2 aliphatic rings. The van der Waals surface area contributed by atoms with Crippen LogP contribution < -0.4 is 0 Å². The van der Waals surface area contributed by atoms with Crippen LogP contribution in [0, 0.1) is 11.7 Å². The van der Waals surface area contributed by atoms with E-state index in [0.717, 1.165) is 18.6 Å². The van der Waals surface area contributed by atoms with Gasteiger partial charge in [-0.25, -0.2) is 4.39 Å². The number of hydrogen-bond acceptors (Lipinski definition) is 3. The van der Waals surface area contributed by atoms with Crippen molar-refractivity contribution in [2.75, 3.05) is 0 Å². The van der Waals surface area contributed by atoms with Crippen molar-refractivity contribution < 1.29 is 27.5 Å². The average molecular weight is 344 g/mol. The molecule has 1 aromatic carbocycles. The molecular weight excluding hydrogens is 328 g/mol. The van der Waals surface area contributed by atoms with Gasteiger partial charge >= 0.3 is 6.18 Å². The molecule has 1 N–H and O–H groups in total. The summed E-state index contributed by atoms with van der Waals surface area (Å²) in [4.78, 5) is 12.5. The fourth-order valence-corrected chi connectivity index (χ4v) is 3.34. The van der Waals surface area contributed by atoms with E-state index in [9.17, 15) is 27.5 Å². The minimum absolute atomic E-state index is 0.0245. The maximum absolute atomic E-state index is 13.8. The monoisotopic (exact) mass is 344 g/mol. The first-order valence-electron chi connectivity index (χ1n) is 7.72. The topological polar surface area (TPSA) is 52.9 Å². The van der Waals surface area contributed by atoms with Gasteiger partial charge in [-0.15, -0.1) is 0 Å². The zero-order chi connectivity index (χ0) is 17.5. The summed E-state index contributed by atoms with van der Waals surface area (Å²) in [6.07, 6.45) is -2.85. The Hall–Kier alpha value is -1.96. The molecule has 130 valence electrons. The molecule has 1 aromatic rings. The lowest BCUT2D eigenvalue weighted by Gasteiger charge is -2.37. The van der Waals surface area contributed by atoms with Crippen LogP contribution in [-0.2, 0) is 0 Å². The van der Waals surface area contributed by atoms with Crippen LogP contribution in [0.25, 0.3) is 0 Å². The van der Waals surface area contributed by atoms with E-state index < -0.39 is 35.1 Å². The first-order valence-corrected chi connectivity index (χ1v) is 7.72. The van der Waals surface area contributed by atoms with Crippen LogP contribution in [0.1, 0.15) is 42.5 Å². The van der Waals surface area contributed by atoms with E-state index in [2.05, 4.69) is 5.10 Å². The number of carbonyl (C=O) groups is 1. The van der Waals surface area contributed by atoms with Gasteiger partial charge in [0.2, 0.25) is 0 Å². The summed E-state index contributed by atoms with van der Waals surface area (Å²) in [5.74, 6) is -3.57. The van der Waals surface area contributed by atoms with Crippen molar-refractivity contribution in [2.24, 2.45) is 11.0 Å². The van der Waals surface area contributed by atoms with Gasteiger partial charge < -0.3 is 5.11 Å². The fraction of sp³-hybridized carbons (Fsp3) is 0.500. The Morgan fingerprint density at radius 1 is 1.25 bits per heavy atom. The quantitative estimate of drug-likeness (QED) is 0.793. The Morgan fingerprint density at radius 2 is 1.96 bits per heavy atom. The van der Waals surface area contributed by atoms with E-state index in [4.69, 9.17) is 0 Å². The second-order valence-electron chi connectivity index (χ2n) is 6.06. The van der Waals surface area contributed by atoms with E-state index in [-0.39, 0.29) is 23.6 Å². The first kappa shape index (κ1) is 16.9. The zero-order valence-electron chi connectivity index (χ0n) is 12.7. The minimum atomic E-state index is -5.10. The highest BCUT2D eigenvalue weighted by atomic mass is 19.4. The molecule has 0 bridgehead atoms. The van der Waals surface area contributed by atoms with Crippen molar-refractivity contribution in [3.8, 4) is 0 Å². The van der Waals surface area contributed by atoms with Crippen molar-refractivity contribution in [3.05, 3.63) is 35.6 Å². The number of halogens is 4. The summed E-state index contributed by atoms with van der Waals surface area (Å²) in [6, 6.07) is 4.70. The molecule has 1 aliphatic carbocycles. The molecule has 0 spiro atoms. The fourth-order valence-electron chi connectivity index (χ4n) is 3.34. The molecule has 2 atom stereocenters. The Bertz CT molecular complexity index is 689. The third-order valence-electron chi connectivity index (χ3n) is 4.58. The molecule has 0 aromatic heterocycles. The minimum Gasteiger partial charge on any atom is -0.362 e. The van der Waals surface area contributed by atoms with Gasteiger partial charge in [0.05, 0.1) is 11.5 Å². The molecule has 4 nitrogen and oxygen atoms in total. The lowest BCUT2D eigenvalue weighted by atomic mass is 9.87. The molecule has 8 heteroatoms. The second-order valence-corrected chi connectivity index (χ2v) is 6.06. The highest BCUT2D eigenvalue weighted by molar-refractivity contribution is 5.99. The number of alkyl halides is 3. The third kappa shape index (κ3) is 2.49. The van der Waals surface area contributed by atoms with Crippen LogP contribution in [0.3, 0.4) is 0 Å². The Kier molecular flexibility index (Phi) is 4.11. The molecular formula is C16H16F4N2O2. The van der Waals surface area contributed by atoms with Gasteiger partial charge in [-0.1, -0.05) is 25.0 Å². The molecule has 24 heavy (non-hydrogen) atoms. The van der Waals surface area contributed by atoms with Crippen LogP contribution in [0.15, 0.2) is 29.4 Å². The molecule has 1 heterocycles. The van der Waals surface area contributed by atoms with Gasteiger partial charge in [-0.2, -0.15) is 23.3 Å². The van der Waals surface area contributed by atoms with E-state index in [1.165, 1.54) is 12.1 Å². The van der Waals surface area contributed by atoms with E-state index >= 15 is 0 Å². The number of rotatable bonds is 1. The molecule has 0 unspecified atom stereocenters.